The van der Waals surface area contributed by atoms with Gasteiger partial charge in [-0.1, -0.05) is 20.8 Å². The molecule has 0 radical (unpaired) electrons. The van der Waals surface area contributed by atoms with E-state index in [0.29, 0.717) is 30.1 Å². The average molecular weight is 862 g/mol. The van der Waals surface area contributed by atoms with Crippen LogP contribution in [0.25, 0.3) is 0 Å². The molecule has 4 fully saturated rings. The molecule has 0 spiro atoms. The van der Waals surface area contributed by atoms with Crippen molar-refractivity contribution in [3.8, 4) is 0 Å². The summed E-state index contributed by atoms with van der Waals surface area (Å²) in [7, 11) is 0. The molecule has 0 saturated heterocycles. The zero-order valence-electron chi connectivity index (χ0n) is 35.5. The van der Waals surface area contributed by atoms with E-state index in [4.69, 9.17) is 10.2 Å². The number of aliphatic hydroxyl groups excluding tert-OH is 12. The van der Waals surface area contributed by atoms with Gasteiger partial charge in [0, 0.05) is 32.6 Å². The van der Waals surface area contributed by atoms with Crippen LogP contribution in [-0.4, -0.2) is 184 Å². The minimum absolute atomic E-state index is 0.0491. The number of carbonyl (C=O) groups is 3. The van der Waals surface area contributed by atoms with E-state index in [2.05, 4.69) is 31.4 Å². The van der Waals surface area contributed by atoms with Gasteiger partial charge in [0.1, 0.15) is 36.6 Å². The number of hydrogen-bond acceptors (Lipinski definition) is 15. The molecule has 3 amide bonds. The van der Waals surface area contributed by atoms with Crippen LogP contribution in [0.4, 0.5) is 0 Å². The van der Waals surface area contributed by atoms with Crippen LogP contribution in [0.2, 0.25) is 0 Å². The molecular weight excluding hydrogens is 786 g/mol. The van der Waals surface area contributed by atoms with Crippen LogP contribution >= 0.6 is 0 Å². The molecule has 4 aliphatic rings. The standard InChI is InChI=1S/C42H75N3O15/c1-22(26-9-10-27-25-8-7-23-18-24(48)12-13-41(23,2)28(25)19-31(51)42(26,27)3)6-11-32(52)45(16-4-14-43-39(59)37(57)35(55)33(53)29(49)20-46)17-5-15-44-40(60)38(58)36(56)34(54)30(50)21-47/h22-31,33-38,46-51,53-58H,4-21H2,1-3H3,(H,43,59)(H,44,60)/t22-,23-,24-,25+,26-,27-,28+,29-,30-,31+,33-,34-,35+,36+,37-,38-,41+,42+/m1/s1. The number of rotatable bonds is 22. The van der Waals surface area contributed by atoms with Gasteiger partial charge in [-0.2, -0.15) is 0 Å². The van der Waals surface area contributed by atoms with Crippen LogP contribution in [0.15, 0.2) is 0 Å². The average Bonchev–Trinajstić information content (AvgIpc) is 3.61. The third kappa shape index (κ3) is 11.2. The Morgan fingerprint density at radius 2 is 1.23 bits per heavy atom. The Morgan fingerprint density at radius 3 is 1.75 bits per heavy atom. The number of nitrogens with one attached hydrogen (secondary N) is 2. The number of aliphatic hydroxyl groups is 12. The van der Waals surface area contributed by atoms with Crippen LogP contribution < -0.4 is 10.6 Å². The largest absolute Gasteiger partial charge is 0.394 e. The second-order valence-corrected chi connectivity index (χ2v) is 18.9. The maximum atomic E-state index is 13.8. The summed E-state index contributed by atoms with van der Waals surface area (Å²) < 4.78 is 0. The Bertz CT molecular complexity index is 1350. The van der Waals surface area contributed by atoms with Crippen molar-refractivity contribution >= 4 is 17.7 Å². The van der Waals surface area contributed by atoms with E-state index < -0.39 is 80.0 Å². The summed E-state index contributed by atoms with van der Waals surface area (Å²) in [5.41, 5.74) is -0.164. The van der Waals surface area contributed by atoms with Gasteiger partial charge in [0.25, 0.3) is 11.8 Å². The first-order chi connectivity index (χ1) is 28.2. The van der Waals surface area contributed by atoms with E-state index in [-0.39, 0.29) is 80.1 Å². The van der Waals surface area contributed by atoms with Gasteiger partial charge >= 0.3 is 0 Å². The molecule has 0 aromatic heterocycles. The van der Waals surface area contributed by atoms with E-state index in [1.54, 1.807) is 4.90 Å². The molecule has 18 atom stereocenters. The summed E-state index contributed by atoms with van der Waals surface area (Å²) in [6.07, 6.45) is -7.85. The van der Waals surface area contributed by atoms with Crippen molar-refractivity contribution in [2.75, 3.05) is 39.4 Å². The topological polar surface area (TPSA) is 321 Å². The van der Waals surface area contributed by atoms with Crippen LogP contribution in [0, 0.1) is 46.3 Å². The molecular formula is C42H75N3O15. The van der Waals surface area contributed by atoms with Crippen LogP contribution in [0.1, 0.15) is 97.8 Å². The molecule has 0 aliphatic heterocycles. The first-order valence-corrected chi connectivity index (χ1v) is 22.1. The van der Waals surface area contributed by atoms with Crippen molar-refractivity contribution < 1.29 is 75.7 Å². The molecule has 4 saturated carbocycles. The van der Waals surface area contributed by atoms with Gasteiger partial charge in [-0.05, 0) is 117 Å². The first-order valence-electron chi connectivity index (χ1n) is 22.1. The summed E-state index contributed by atoms with van der Waals surface area (Å²) in [5, 5.41) is 124. The van der Waals surface area contributed by atoms with Crippen molar-refractivity contribution in [2.45, 2.75) is 159 Å². The fraction of sp³-hybridized carbons (Fsp3) is 0.929. The summed E-state index contributed by atoms with van der Waals surface area (Å²) in [4.78, 5) is 40.3. The Morgan fingerprint density at radius 1 is 0.700 bits per heavy atom. The molecule has 0 aromatic rings. The van der Waals surface area contributed by atoms with Gasteiger partial charge in [-0.25, -0.2) is 0 Å². The SMILES string of the molecule is C[C@H](CCC(=O)N(CCCNC(=O)[C@H](O)[C@@H](O)[C@H](O)[C@H](O)CO)CCCNC(=O)[C@H](O)[C@@H](O)[C@H](O)[C@H](O)CO)[C@H]1CC[C@@H]2[C@@H]3CC[C@@H]4C[C@H](O)CC[C@]4(C)[C@H]3C[C@H](O)[C@]21C. The maximum absolute atomic E-state index is 13.8. The summed E-state index contributed by atoms with van der Waals surface area (Å²) in [6.45, 7) is 5.15. The van der Waals surface area contributed by atoms with E-state index in [9.17, 15) is 65.4 Å². The van der Waals surface area contributed by atoms with E-state index >= 15 is 0 Å². The molecule has 0 heterocycles. The highest BCUT2D eigenvalue weighted by Crippen LogP contribution is 2.68. The summed E-state index contributed by atoms with van der Waals surface area (Å²) in [6, 6.07) is 0. The highest BCUT2D eigenvalue weighted by Gasteiger charge is 2.63. The van der Waals surface area contributed by atoms with Crippen LogP contribution in [-0.2, 0) is 14.4 Å². The normalized spacial score (nSPS) is 34.6. The Balaban J connectivity index is 1.35. The summed E-state index contributed by atoms with van der Waals surface area (Å²) in [5.74, 6) is -0.145. The van der Waals surface area contributed by atoms with Gasteiger partial charge in [0.2, 0.25) is 5.91 Å². The monoisotopic (exact) mass is 862 g/mol. The Kier molecular flexibility index (Phi) is 18.6. The second-order valence-electron chi connectivity index (χ2n) is 18.9. The van der Waals surface area contributed by atoms with Crippen molar-refractivity contribution in [1.29, 1.82) is 0 Å². The van der Waals surface area contributed by atoms with E-state index in [1.165, 1.54) is 0 Å². The molecule has 4 rings (SSSR count). The quantitative estimate of drug-likeness (QED) is 0.0486. The lowest BCUT2D eigenvalue weighted by Crippen LogP contribution is -2.58. The predicted octanol–water partition coefficient (Wildman–Crippen LogP) is -2.89. The smallest absolute Gasteiger partial charge is 0.251 e. The Hall–Kier alpha value is -2.07. The number of carbonyl (C=O) groups excluding carboxylic acids is 3. The van der Waals surface area contributed by atoms with Crippen molar-refractivity contribution in [3.05, 3.63) is 0 Å². The van der Waals surface area contributed by atoms with Crippen molar-refractivity contribution in [1.82, 2.24) is 15.5 Å². The zero-order valence-corrected chi connectivity index (χ0v) is 35.5. The van der Waals surface area contributed by atoms with Gasteiger partial charge in [0.15, 0.2) is 12.2 Å². The van der Waals surface area contributed by atoms with Crippen molar-refractivity contribution in [2.24, 2.45) is 46.3 Å². The molecule has 4 aliphatic carbocycles. The predicted molar refractivity (Wildman–Crippen MR) is 215 cm³/mol. The van der Waals surface area contributed by atoms with Gasteiger partial charge in [-0.3, -0.25) is 14.4 Å². The third-order valence-electron chi connectivity index (χ3n) is 15.5. The third-order valence-corrected chi connectivity index (χ3v) is 15.5. The molecule has 348 valence electrons. The van der Waals surface area contributed by atoms with Crippen LogP contribution in [0.5, 0.6) is 0 Å². The molecule has 0 aromatic carbocycles. The zero-order chi connectivity index (χ0) is 44.7. The molecule has 0 unspecified atom stereocenters. The molecule has 0 bridgehead atoms. The number of amides is 3. The number of nitrogens with zero attached hydrogens (tertiary/aromatic N) is 1. The summed E-state index contributed by atoms with van der Waals surface area (Å²) >= 11 is 0. The number of fused-ring (bicyclic) bond motifs is 5. The highest BCUT2D eigenvalue weighted by molar-refractivity contribution is 5.81. The highest BCUT2D eigenvalue weighted by atomic mass is 16.4. The molecule has 18 heteroatoms. The molecule has 18 nitrogen and oxygen atoms in total. The van der Waals surface area contributed by atoms with Gasteiger partial charge in [0.05, 0.1) is 25.4 Å². The lowest BCUT2D eigenvalue weighted by Gasteiger charge is -2.62. The molecule has 14 N–H and O–H groups in total. The minimum atomic E-state index is -2.11. The number of hydrogen-bond donors (Lipinski definition) is 14. The molecule has 60 heavy (non-hydrogen) atoms. The minimum Gasteiger partial charge on any atom is -0.394 e. The van der Waals surface area contributed by atoms with Crippen molar-refractivity contribution in [3.63, 3.8) is 0 Å². The second kappa shape index (κ2) is 22.0. The van der Waals surface area contributed by atoms with Gasteiger partial charge in [-0.15, -0.1) is 0 Å². The van der Waals surface area contributed by atoms with Crippen LogP contribution in [0.3, 0.4) is 0 Å². The lowest BCUT2D eigenvalue weighted by atomic mass is 9.43. The lowest BCUT2D eigenvalue weighted by molar-refractivity contribution is -0.175. The van der Waals surface area contributed by atoms with Gasteiger partial charge < -0.3 is 76.8 Å². The fourth-order valence-corrected chi connectivity index (χ4v) is 11.8. The van der Waals surface area contributed by atoms with E-state index in [1.807, 2.05) is 0 Å². The Labute approximate surface area is 353 Å². The first kappa shape index (κ1) is 50.6. The van der Waals surface area contributed by atoms with E-state index in [0.717, 1.165) is 51.4 Å². The maximum Gasteiger partial charge on any atom is 0.251 e. The fourth-order valence-electron chi connectivity index (χ4n) is 11.8.